The fraction of sp³-hybridized carbons (Fsp3) is 0.500. The molecule has 7 nitrogen and oxygen atoms in total. The lowest BCUT2D eigenvalue weighted by atomic mass is 9.94. The Kier molecular flexibility index (Phi) is 6.14. The zero-order valence-electron chi connectivity index (χ0n) is 13.0. The summed E-state index contributed by atoms with van der Waals surface area (Å²) in [5.74, 6) is -1.80. The maximum atomic E-state index is 12.2. The van der Waals surface area contributed by atoms with Crippen molar-refractivity contribution in [2.45, 2.75) is 44.6 Å². The lowest BCUT2D eigenvalue weighted by Crippen LogP contribution is -2.43. The van der Waals surface area contributed by atoms with Crippen molar-refractivity contribution in [3.63, 3.8) is 0 Å². The second-order valence-electron chi connectivity index (χ2n) is 5.97. The van der Waals surface area contributed by atoms with Gasteiger partial charge >= 0.3 is 5.97 Å². The molecule has 1 amide bonds. The van der Waals surface area contributed by atoms with Gasteiger partial charge < -0.3 is 10.4 Å². The van der Waals surface area contributed by atoms with Gasteiger partial charge in [0, 0.05) is 18.2 Å². The first-order valence-corrected chi connectivity index (χ1v) is 8.21. The summed E-state index contributed by atoms with van der Waals surface area (Å²) in [6.07, 6.45) is 3.84. The van der Waals surface area contributed by atoms with Crippen LogP contribution in [0.1, 0.15) is 37.7 Å². The highest BCUT2D eigenvalue weighted by Gasteiger charge is 2.30. The molecular formula is C16H19ClN2O5. The quantitative estimate of drug-likeness (QED) is 0.480. The fourth-order valence-corrected chi connectivity index (χ4v) is 3.24. The van der Waals surface area contributed by atoms with Crippen LogP contribution in [0.4, 0.5) is 5.69 Å². The minimum Gasteiger partial charge on any atom is -0.481 e. The number of hydrogen-bond acceptors (Lipinski definition) is 4. The molecule has 0 heterocycles. The number of aliphatic carboxylic acids is 1. The predicted molar refractivity (Wildman–Crippen MR) is 88.0 cm³/mol. The van der Waals surface area contributed by atoms with E-state index in [1.807, 2.05) is 0 Å². The number of rotatable bonds is 5. The normalized spacial score (nSPS) is 20.9. The van der Waals surface area contributed by atoms with Gasteiger partial charge in [-0.25, -0.2) is 0 Å². The van der Waals surface area contributed by atoms with E-state index in [0.717, 1.165) is 19.3 Å². The lowest BCUT2D eigenvalue weighted by molar-refractivity contribution is -0.384. The summed E-state index contributed by atoms with van der Waals surface area (Å²) in [7, 11) is 0. The summed E-state index contributed by atoms with van der Waals surface area (Å²) in [6.45, 7) is 0. The topological polar surface area (TPSA) is 110 Å². The van der Waals surface area contributed by atoms with E-state index in [-0.39, 0.29) is 23.0 Å². The Morgan fingerprint density at radius 1 is 1.29 bits per heavy atom. The van der Waals surface area contributed by atoms with E-state index in [4.69, 9.17) is 11.6 Å². The number of carbonyl (C=O) groups is 2. The van der Waals surface area contributed by atoms with Gasteiger partial charge in [0.05, 0.1) is 22.3 Å². The summed E-state index contributed by atoms with van der Waals surface area (Å²) in [5.41, 5.74) is 0.333. The van der Waals surface area contributed by atoms with Crippen LogP contribution in [-0.2, 0) is 16.0 Å². The molecular weight excluding hydrogens is 336 g/mol. The molecule has 2 atom stereocenters. The number of nitro benzene ring substituents is 1. The number of hydrogen-bond donors (Lipinski definition) is 2. The van der Waals surface area contributed by atoms with Crippen molar-refractivity contribution in [3.05, 3.63) is 38.9 Å². The number of carboxylic acids is 1. The number of amides is 1. The Hall–Kier alpha value is -2.15. The molecule has 1 saturated carbocycles. The highest BCUT2D eigenvalue weighted by molar-refractivity contribution is 6.31. The monoisotopic (exact) mass is 354 g/mol. The first-order chi connectivity index (χ1) is 11.4. The van der Waals surface area contributed by atoms with Crippen LogP contribution >= 0.6 is 11.6 Å². The highest BCUT2D eigenvalue weighted by atomic mass is 35.5. The van der Waals surface area contributed by atoms with Crippen molar-refractivity contribution in [1.29, 1.82) is 0 Å². The van der Waals surface area contributed by atoms with Gasteiger partial charge in [-0.3, -0.25) is 19.7 Å². The van der Waals surface area contributed by atoms with E-state index in [2.05, 4.69) is 5.32 Å². The van der Waals surface area contributed by atoms with Gasteiger partial charge in [0.2, 0.25) is 5.91 Å². The summed E-state index contributed by atoms with van der Waals surface area (Å²) in [4.78, 5) is 33.7. The van der Waals surface area contributed by atoms with Crippen molar-refractivity contribution in [2.75, 3.05) is 0 Å². The van der Waals surface area contributed by atoms with Crippen LogP contribution in [0.2, 0.25) is 5.02 Å². The van der Waals surface area contributed by atoms with Crippen LogP contribution in [0.5, 0.6) is 0 Å². The number of halogens is 1. The van der Waals surface area contributed by atoms with E-state index in [1.165, 1.54) is 18.2 Å². The molecule has 24 heavy (non-hydrogen) atoms. The molecule has 0 aromatic heterocycles. The molecule has 0 unspecified atom stereocenters. The Balaban J connectivity index is 2.04. The fourth-order valence-electron chi connectivity index (χ4n) is 3.00. The SMILES string of the molecule is O=C(Cc1ccc([N+](=O)[O-])cc1Cl)N[C@H]1CCCCC[C@H]1C(=O)O. The zero-order chi connectivity index (χ0) is 17.7. The summed E-state index contributed by atoms with van der Waals surface area (Å²) in [6, 6.07) is 3.55. The van der Waals surface area contributed by atoms with Gasteiger partial charge in [0.25, 0.3) is 5.69 Å². The molecule has 1 aromatic rings. The smallest absolute Gasteiger partial charge is 0.308 e. The number of non-ortho nitro benzene ring substituents is 1. The zero-order valence-corrected chi connectivity index (χ0v) is 13.8. The molecule has 1 aliphatic carbocycles. The van der Waals surface area contributed by atoms with Gasteiger partial charge in [-0.2, -0.15) is 0 Å². The number of nitro groups is 1. The minimum absolute atomic E-state index is 0.0420. The van der Waals surface area contributed by atoms with Crippen LogP contribution in [-0.4, -0.2) is 27.9 Å². The summed E-state index contributed by atoms with van der Waals surface area (Å²) < 4.78 is 0. The molecule has 8 heteroatoms. The molecule has 0 bridgehead atoms. The maximum Gasteiger partial charge on any atom is 0.308 e. The Labute approximate surface area is 144 Å². The molecule has 1 aromatic carbocycles. The van der Waals surface area contributed by atoms with Gasteiger partial charge in [0.1, 0.15) is 0 Å². The third-order valence-electron chi connectivity index (χ3n) is 4.28. The maximum absolute atomic E-state index is 12.2. The van der Waals surface area contributed by atoms with Gasteiger partial charge in [-0.1, -0.05) is 36.9 Å². The average Bonchev–Trinajstić information content (AvgIpc) is 2.74. The molecule has 1 fully saturated rings. The van der Waals surface area contributed by atoms with E-state index < -0.39 is 22.9 Å². The van der Waals surface area contributed by atoms with Crippen molar-refractivity contribution in [3.8, 4) is 0 Å². The molecule has 0 radical (unpaired) electrons. The standard InChI is InChI=1S/C16H19ClN2O5/c17-13-9-11(19(23)24)7-6-10(13)8-15(20)18-14-5-3-1-2-4-12(14)16(21)22/h6-7,9,12,14H,1-5,8H2,(H,18,20)(H,21,22)/t12-,14+/m1/s1. The second kappa shape index (κ2) is 8.10. The predicted octanol–water partition coefficient (Wildman–Crippen LogP) is 2.94. The first kappa shape index (κ1) is 18.2. The molecule has 0 saturated heterocycles. The molecule has 2 rings (SSSR count). The third kappa shape index (κ3) is 4.67. The van der Waals surface area contributed by atoms with Gasteiger partial charge in [-0.05, 0) is 18.4 Å². The summed E-state index contributed by atoms with van der Waals surface area (Å²) in [5, 5.41) is 23.0. The number of carbonyl (C=O) groups excluding carboxylic acids is 1. The van der Waals surface area contributed by atoms with Crippen LogP contribution in [0.25, 0.3) is 0 Å². The van der Waals surface area contributed by atoms with Crippen molar-refractivity contribution in [1.82, 2.24) is 5.32 Å². The number of carboxylic acid groups (broad SMARTS) is 1. The molecule has 130 valence electrons. The van der Waals surface area contributed by atoms with Crippen molar-refractivity contribution >= 4 is 29.2 Å². The molecule has 1 aliphatic rings. The Morgan fingerprint density at radius 2 is 2.00 bits per heavy atom. The van der Waals surface area contributed by atoms with E-state index >= 15 is 0 Å². The number of benzene rings is 1. The van der Waals surface area contributed by atoms with Crippen LogP contribution in [0.3, 0.4) is 0 Å². The number of nitrogens with zero attached hydrogens (tertiary/aromatic N) is 1. The summed E-state index contributed by atoms with van der Waals surface area (Å²) >= 11 is 5.99. The van der Waals surface area contributed by atoms with E-state index in [1.54, 1.807) is 0 Å². The Bertz CT molecular complexity index is 649. The van der Waals surface area contributed by atoms with Crippen molar-refractivity contribution < 1.29 is 19.6 Å². The third-order valence-corrected chi connectivity index (χ3v) is 4.63. The molecule has 0 aliphatic heterocycles. The average molecular weight is 355 g/mol. The van der Waals surface area contributed by atoms with Crippen LogP contribution in [0.15, 0.2) is 18.2 Å². The molecule has 0 spiro atoms. The lowest BCUT2D eigenvalue weighted by Gasteiger charge is -2.23. The first-order valence-electron chi connectivity index (χ1n) is 7.83. The van der Waals surface area contributed by atoms with Crippen molar-refractivity contribution in [2.24, 2.45) is 5.92 Å². The van der Waals surface area contributed by atoms with Gasteiger partial charge in [0.15, 0.2) is 0 Å². The van der Waals surface area contributed by atoms with Gasteiger partial charge in [-0.15, -0.1) is 0 Å². The van der Waals surface area contributed by atoms with E-state index in [9.17, 15) is 24.8 Å². The Morgan fingerprint density at radius 3 is 2.62 bits per heavy atom. The van der Waals surface area contributed by atoms with Crippen LogP contribution < -0.4 is 5.32 Å². The second-order valence-corrected chi connectivity index (χ2v) is 6.37. The van der Waals surface area contributed by atoms with E-state index in [0.29, 0.717) is 18.4 Å². The molecule has 2 N–H and O–H groups in total. The minimum atomic E-state index is -0.893. The highest BCUT2D eigenvalue weighted by Crippen LogP contribution is 2.25. The largest absolute Gasteiger partial charge is 0.481 e. The number of nitrogens with one attached hydrogen (secondary N) is 1. The van der Waals surface area contributed by atoms with Crippen LogP contribution in [0, 0.1) is 16.0 Å².